The largest absolute Gasteiger partial charge is 0.497 e. The molecule has 8 nitrogen and oxygen atoms in total. The minimum Gasteiger partial charge on any atom is -0.497 e. The second-order valence-corrected chi connectivity index (χ2v) is 8.11. The first-order valence-corrected chi connectivity index (χ1v) is 10.7. The van der Waals surface area contributed by atoms with E-state index in [9.17, 15) is 0 Å². The maximum atomic E-state index is 5.35. The van der Waals surface area contributed by atoms with E-state index in [2.05, 4.69) is 50.3 Å². The molecule has 3 heterocycles. The third-order valence-electron chi connectivity index (χ3n) is 5.94. The van der Waals surface area contributed by atoms with E-state index >= 15 is 0 Å². The third kappa shape index (κ3) is 4.35. The highest BCUT2D eigenvalue weighted by atomic mass is 16.5. The van der Waals surface area contributed by atoms with Crippen LogP contribution in [0.15, 0.2) is 48.8 Å². The van der Waals surface area contributed by atoms with E-state index < -0.39 is 0 Å². The standard InChI is InChI=1S/C23H28N6O2/c1-17-10-18(12-20(11-17)27-6-8-28(9-7-27)21-14-31-15-21)25-23-24-16-29(26-23)19-4-3-5-22(13-19)30-2/h3-5,10-13,16,21H,6-9,14-15H2,1-2H3,(H,25,26). The van der Waals surface area contributed by atoms with E-state index in [-0.39, 0.29) is 0 Å². The first-order valence-electron chi connectivity index (χ1n) is 10.7. The molecule has 5 rings (SSSR count). The molecule has 1 aromatic heterocycles. The van der Waals surface area contributed by atoms with E-state index in [0.717, 1.165) is 56.5 Å². The van der Waals surface area contributed by atoms with Crippen LogP contribution in [-0.4, -0.2) is 72.2 Å². The molecule has 0 bridgehead atoms. The van der Waals surface area contributed by atoms with Crippen molar-refractivity contribution in [3.63, 3.8) is 0 Å². The molecule has 0 unspecified atom stereocenters. The Kier molecular flexibility index (Phi) is 5.48. The number of nitrogens with one attached hydrogen (secondary N) is 1. The topological polar surface area (TPSA) is 67.7 Å². The summed E-state index contributed by atoms with van der Waals surface area (Å²) in [6.07, 6.45) is 1.71. The lowest BCUT2D eigenvalue weighted by Crippen LogP contribution is -2.56. The Morgan fingerprint density at radius 3 is 2.61 bits per heavy atom. The summed E-state index contributed by atoms with van der Waals surface area (Å²) in [5, 5.41) is 7.94. The van der Waals surface area contributed by atoms with Gasteiger partial charge in [0.1, 0.15) is 12.1 Å². The highest BCUT2D eigenvalue weighted by molar-refractivity contribution is 5.64. The van der Waals surface area contributed by atoms with Crippen LogP contribution >= 0.6 is 0 Å². The number of anilines is 3. The number of aryl methyl sites for hydroxylation is 1. The summed E-state index contributed by atoms with van der Waals surface area (Å²) in [5.41, 5.74) is 4.34. The predicted molar refractivity (Wildman–Crippen MR) is 121 cm³/mol. The van der Waals surface area contributed by atoms with E-state index in [1.807, 2.05) is 24.3 Å². The number of benzene rings is 2. The van der Waals surface area contributed by atoms with Crippen LogP contribution in [-0.2, 0) is 4.74 Å². The van der Waals surface area contributed by atoms with Gasteiger partial charge in [0, 0.05) is 43.6 Å². The van der Waals surface area contributed by atoms with Crippen LogP contribution in [0.3, 0.4) is 0 Å². The minimum atomic E-state index is 0.564. The summed E-state index contributed by atoms with van der Waals surface area (Å²) in [5.74, 6) is 1.35. The lowest BCUT2D eigenvalue weighted by atomic mass is 10.1. The van der Waals surface area contributed by atoms with Crippen LogP contribution in [0.5, 0.6) is 5.75 Å². The van der Waals surface area contributed by atoms with Gasteiger partial charge in [0.2, 0.25) is 5.95 Å². The minimum absolute atomic E-state index is 0.564. The molecule has 31 heavy (non-hydrogen) atoms. The Labute approximate surface area is 182 Å². The van der Waals surface area contributed by atoms with E-state index in [4.69, 9.17) is 9.47 Å². The monoisotopic (exact) mass is 420 g/mol. The van der Waals surface area contributed by atoms with Gasteiger partial charge in [-0.15, -0.1) is 5.10 Å². The Bertz CT molecular complexity index is 1040. The number of piperazine rings is 1. The molecule has 3 aromatic rings. The van der Waals surface area contributed by atoms with Gasteiger partial charge in [-0.2, -0.15) is 4.98 Å². The Morgan fingerprint density at radius 2 is 1.87 bits per heavy atom. The molecule has 0 saturated carbocycles. The molecule has 0 amide bonds. The SMILES string of the molecule is COc1cccc(-n2cnc(Nc3cc(C)cc(N4CCN(C5COC5)CC4)c3)n2)c1. The number of ether oxygens (including phenoxy) is 2. The summed E-state index contributed by atoms with van der Waals surface area (Å²) in [4.78, 5) is 9.43. The van der Waals surface area contributed by atoms with Crippen LogP contribution in [0, 0.1) is 6.92 Å². The number of rotatable bonds is 6. The van der Waals surface area contributed by atoms with Crippen LogP contribution in [0.25, 0.3) is 5.69 Å². The normalized spacial score (nSPS) is 17.4. The number of hydrogen-bond donors (Lipinski definition) is 1. The first kappa shape index (κ1) is 19.8. The zero-order valence-electron chi connectivity index (χ0n) is 18.0. The Hall–Kier alpha value is -3.10. The summed E-state index contributed by atoms with van der Waals surface area (Å²) in [6, 6.07) is 14.9. The van der Waals surface area contributed by atoms with Gasteiger partial charge < -0.3 is 19.7 Å². The van der Waals surface area contributed by atoms with Gasteiger partial charge in [0.15, 0.2) is 0 Å². The average Bonchev–Trinajstić information content (AvgIpc) is 3.21. The lowest BCUT2D eigenvalue weighted by molar-refractivity contribution is -0.0660. The lowest BCUT2D eigenvalue weighted by Gasteiger charge is -2.43. The molecule has 2 aliphatic heterocycles. The molecular weight excluding hydrogens is 392 g/mol. The van der Waals surface area contributed by atoms with Crippen molar-refractivity contribution in [2.45, 2.75) is 13.0 Å². The van der Waals surface area contributed by atoms with Crippen molar-refractivity contribution in [1.29, 1.82) is 0 Å². The maximum Gasteiger partial charge on any atom is 0.246 e. The molecule has 8 heteroatoms. The number of nitrogens with zero attached hydrogens (tertiary/aromatic N) is 5. The molecule has 0 spiro atoms. The van der Waals surface area contributed by atoms with Crippen molar-refractivity contribution in [3.05, 3.63) is 54.4 Å². The molecule has 1 N–H and O–H groups in total. The van der Waals surface area contributed by atoms with Crippen molar-refractivity contribution in [1.82, 2.24) is 19.7 Å². The maximum absolute atomic E-state index is 5.35. The fraction of sp³-hybridized carbons (Fsp3) is 0.391. The third-order valence-corrected chi connectivity index (χ3v) is 5.94. The molecule has 2 fully saturated rings. The van der Waals surface area contributed by atoms with Crippen LogP contribution < -0.4 is 15.0 Å². The van der Waals surface area contributed by atoms with Gasteiger partial charge in [0.25, 0.3) is 0 Å². The molecule has 162 valence electrons. The molecule has 0 radical (unpaired) electrons. The fourth-order valence-corrected chi connectivity index (χ4v) is 4.12. The Morgan fingerprint density at radius 1 is 1.03 bits per heavy atom. The zero-order chi connectivity index (χ0) is 21.2. The van der Waals surface area contributed by atoms with Crippen molar-refractivity contribution >= 4 is 17.3 Å². The van der Waals surface area contributed by atoms with Gasteiger partial charge in [-0.3, -0.25) is 4.90 Å². The van der Waals surface area contributed by atoms with Gasteiger partial charge in [-0.1, -0.05) is 6.07 Å². The van der Waals surface area contributed by atoms with Crippen molar-refractivity contribution in [3.8, 4) is 11.4 Å². The number of methoxy groups -OCH3 is 1. The smallest absolute Gasteiger partial charge is 0.246 e. The van der Waals surface area contributed by atoms with Crippen molar-refractivity contribution in [2.75, 3.05) is 56.7 Å². The summed E-state index contributed by atoms with van der Waals surface area (Å²) < 4.78 is 12.4. The zero-order valence-corrected chi connectivity index (χ0v) is 18.0. The second kappa shape index (κ2) is 8.56. The van der Waals surface area contributed by atoms with Crippen molar-refractivity contribution in [2.24, 2.45) is 0 Å². The van der Waals surface area contributed by atoms with Gasteiger partial charge in [-0.05, 0) is 42.8 Å². The quantitative estimate of drug-likeness (QED) is 0.658. The fourth-order valence-electron chi connectivity index (χ4n) is 4.12. The van der Waals surface area contributed by atoms with E-state index in [1.54, 1.807) is 18.1 Å². The van der Waals surface area contributed by atoms with Gasteiger partial charge in [0.05, 0.1) is 32.1 Å². The molecule has 2 aliphatic rings. The van der Waals surface area contributed by atoms with Gasteiger partial charge >= 0.3 is 0 Å². The van der Waals surface area contributed by atoms with Gasteiger partial charge in [-0.25, -0.2) is 4.68 Å². The molecular formula is C23H28N6O2. The Balaban J connectivity index is 1.28. The summed E-state index contributed by atoms with van der Waals surface area (Å²) in [6.45, 7) is 8.11. The average molecular weight is 421 g/mol. The van der Waals surface area contributed by atoms with E-state index in [1.165, 1.54) is 11.3 Å². The highest BCUT2D eigenvalue weighted by Gasteiger charge is 2.29. The molecule has 0 aliphatic carbocycles. The highest BCUT2D eigenvalue weighted by Crippen LogP contribution is 2.26. The van der Waals surface area contributed by atoms with Crippen molar-refractivity contribution < 1.29 is 9.47 Å². The number of aromatic nitrogens is 3. The van der Waals surface area contributed by atoms with Crippen LogP contribution in [0.2, 0.25) is 0 Å². The summed E-state index contributed by atoms with van der Waals surface area (Å²) >= 11 is 0. The first-order chi connectivity index (χ1) is 15.2. The molecule has 2 saturated heterocycles. The molecule has 2 aromatic carbocycles. The summed E-state index contributed by atoms with van der Waals surface area (Å²) in [7, 11) is 1.66. The molecule has 0 atom stereocenters. The predicted octanol–water partition coefficient (Wildman–Crippen LogP) is 2.85. The van der Waals surface area contributed by atoms with Crippen LogP contribution in [0.4, 0.5) is 17.3 Å². The second-order valence-electron chi connectivity index (χ2n) is 8.11. The number of hydrogen-bond acceptors (Lipinski definition) is 7. The van der Waals surface area contributed by atoms with E-state index in [0.29, 0.717) is 12.0 Å². The van der Waals surface area contributed by atoms with Crippen LogP contribution in [0.1, 0.15) is 5.56 Å².